The Morgan fingerprint density at radius 3 is 2.00 bits per heavy atom. The Hall–Kier alpha value is -3.28. The first-order valence-electron chi connectivity index (χ1n) is 9.43. The summed E-state index contributed by atoms with van der Waals surface area (Å²) in [5.74, 6) is -1.56. The summed E-state index contributed by atoms with van der Waals surface area (Å²) in [6.07, 6.45) is 0.636. The zero-order chi connectivity index (χ0) is 21.2. The second-order valence-corrected chi connectivity index (χ2v) is 7.47. The maximum absolute atomic E-state index is 12.7. The van der Waals surface area contributed by atoms with Gasteiger partial charge in [0.25, 0.3) is 0 Å². The van der Waals surface area contributed by atoms with Crippen LogP contribution in [0.4, 0.5) is 0 Å². The van der Waals surface area contributed by atoms with Crippen molar-refractivity contribution in [3.05, 3.63) is 70.3 Å². The number of fused-ring (bicyclic) bond motifs is 2. The summed E-state index contributed by atoms with van der Waals surface area (Å²) in [4.78, 5) is 49.5. The molecule has 0 saturated heterocycles. The summed E-state index contributed by atoms with van der Waals surface area (Å²) >= 11 is 0. The molecule has 1 aliphatic carbocycles. The SMILES string of the molecule is CCC(C)(C)C(=O)OCCOC(=O)c1ccc2c(c1)C(=O)c1ccccc1C2=O. The van der Waals surface area contributed by atoms with Crippen molar-refractivity contribution in [3.8, 4) is 0 Å². The van der Waals surface area contributed by atoms with Crippen molar-refractivity contribution in [2.24, 2.45) is 5.41 Å². The van der Waals surface area contributed by atoms with Crippen LogP contribution in [0.25, 0.3) is 0 Å². The van der Waals surface area contributed by atoms with Crippen molar-refractivity contribution in [2.45, 2.75) is 27.2 Å². The average Bonchev–Trinajstić information content (AvgIpc) is 2.74. The van der Waals surface area contributed by atoms with Crippen molar-refractivity contribution in [3.63, 3.8) is 0 Å². The number of ether oxygens (including phenoxy) is 2. The minimum Gasteiger partial charge on any atom is -0.462 e. The molecule has 0 aromatic heterocycles. The number of esters is 2. The van der Waals surface area contributed by atoms with Crippen LogP contribution in [0, 0.1) is 5.41 Å². The normalized spacial score (nSPS) is 12.8. The third-order valence-corrected chi connectivity index (χ3v) is 5.15. The summed E-state index contributed by atoms with van der Waals surface area (Å²) in [6, 6.07) is 10.9. The van der Waals surface area contributed by atoms with E-state index in [1.54, 1.807) is 38.1 Å². The summed E-state index contributed by atoms with van der Waals surface area (Å²) in [7, 11) is 0. The lowest BCUT2D eigenvalue weighted by atomic mass is 9.83. The molecule has 0 unspecified atom stereocenters. The fraction of sp³-hybridized carbons (Fsp3) is 0.304. The molecule has 29 heavy (non-hydrogen) atoms. The maximum atomic E-state index is 12.7. The lowest BCUT2D eigenvalue weighted by Gasteiger charge is -2.20. The van der Waals surface area contributed by atoms with Gasteiger partial charge in [-0.1, -0.05) is 31.2 Å². The molecule has 0 amide bonds. The highest BCUT2D eigenvalue weighted by atomic mass is 16.6. The third-order valence-electron chi connectivity index (χ3n) is 5.15. The van der Waals surface area contributed by atoms with E-state index in [9.17, 15) is 19.2 Å². The Morgan fingerprint density at radius 2 is 1.38 bits per heavy atom. The molecule has 0 fully saturated rings. The molecule has 6 heteroatoms. The second kappa shape index (κ2) is 7.99. The molecule has 3 rings (SSSR count). The third kappa shape index (κ3) is 3.97. The van der Waals surface area contributed by atoms with Gasteiger partial charge in [0.2, 0.25) is 0 Å². The van der Waals surface area contributed by atoms with Crippen LogP contribution in [0.3, 0.4) is 0 Å². The number of hydrogen-bond acceptors (Lipinski definition) is 6. The van der Waals surface area contributed by atoms with Crippen molar-refractivity contribution in [1.82, 2.24) is 0 Å². The van der Waals surface area contributed by atoms with Gasteiger partial charge >= 0.3 is 11.9 Å². The lowest BCUT2D eigenvalue weighted by Crippen LogP contribution is -2.27. The fourth-order valence-electron chi connectivity index (χ4n) is 2.92. The standard InChI is InChI=1S/C23H22O6/c1-4-23(2,3)22(27)29-12-11-28-21(26)14-9-10-17-18(13-14)20(25)16-8-6-5-7-15(16)19(17)24/h5-10,13H,4,11-12H2,1-3H3. The van der Waals surface area contributed by atoms with E-state index in [-0.39, 0.29) is 47.4 Å². The maximum Gasteiger partial charge on any atom is 0.338 e. The van der Waals surface area contributed by atoms with Crippen LogP contribution < -0.4 is 0 Å². The molecule has 0 spiro atoms. The van der Waals surface area contributed by atoms with Crippen LogP contribution in [0.5, 0.6) is 0 Å². The van der Waals surface area contributed by atoms with Gasteiger partial charge in [0, 0.05) is 22.3 Å². The van der Waals surface area contributed by atoms with Gasteiger partial charge in [-0.15, -0.1) is 0 Å². The molecular formula is C23H22O6. The topological polar surface area (TPSA) is 86.7 Å². The van der Waals surface area contributed by atoms with E-state index in [1.807, 2.05) is 6.92 Å². The molecule has 0 saturated carbocycles. The Kier molecular flexibility index (Phi) is 5.64. The van der Waals surface area contributed by atoms with Crippen LogP contribution in [0.15, 0.2) is 42.5 Å². The van der Waals surface area contributed by atoms with Gasteiger partial charge in [-0.05, 0) is 38.5 Å². The molecular weight excluding hydrogens is 372 g/mol. The quantitative estimate of drug-likeness (QED) is 0.469. The molecule has 0 aliphatic heterocycles. The molecule has 150 valence electrons. The first-order chi connectivity index (χ1) is 13.8. The van der Waals surface area contributed by atoms with Crippen molar-refractivity contribution in [2.75, 3.05) is 13.2 Å². The lowest BCUT2D eigenvalue weighted by molar-refractivity contribution is -0.155. The molecule has 0 N–H and O–H groups in total. The van der Waals surface area contributed by atoms with Gasteiger partial charge in [0.1, 0.15) is 13.2 Å². The molecule has 2 aromatic rings. The van der Waals surface area contributed by atoms with E-state index in [0.717, 1.165) is 0 Å². The monoisotopic (exact) mass is 394 g/mol. The zero-order valence-corrected chi connectivity index (χ0v) is 16.6. The Balaban J connectivity index is 1.67. The molecule has 0 heterocycles. The molecule has 0 atom stereocenters. The van der Waals surface area contributed by atoms with Gasteiger partial charge in [-0.25, -0.2) is 4.79 Å². The van der Waals surface area contributed by atoms with Crippen LogP contribution in [0.1, 0.15) is 69.4 Å². The number of carbonyl (C=O) groups excluding carboxylic acids is 4. The minimum atomic E-state index is -0.655. The van der Waals surface area contributed by atoms with Crippen LogP contribution in [-0.2, 0) is 14.3 Å². The van der Waals surface area contributed by atoms with Gasteiger partial charge < -0.3 is 9.47 Å². The fourth-order valence-corrected chi connectivity index (χ4v) is 2.92. The van der Waals surface area contributed by atoms with Gasteiger partial charge in [-0.2, -0.15) is 0 Å². The second-order valence-electron chi connectivity index (χ2n) is 7.47. The van der Waals surface area contributed by atoms with Crippen LogP contribution in [0.2, 0.25) is 0 Å². The first kappa shape index (κ1) is 20.5. The largest absolute Gasteiger partial charge is 0.462 e. The highest BCUT2D eigenvalue weighted by molar-refractivity contribution is 6.28. The van der Waals surface area contributed by atoms with E-state index in [1.165, 1.54) is 18.2 Å². The zero-order valence-electron chi connectivity index (χ0n) is 16.6. The number of rotatable bonds is 6. The van der Waals surface area contributed by atoms with Gasteiger partial charge in [-0.3, -0.25) is 14.4 Å². The van der Waals surface area contributed by atoms with E-state index >= 15 is 0 Å². The van der Waals surface area contributed by atoms with Gasteiger partial charge in [0.15, 0.2) is 11.6 Å². The smallest absolute Gasteiger partial charge is 0.338 e. The van der Waals surface area contributed by atoms with Gasteiger partial charge in [0.05, 0.1) is 11.0 Å². The molecule has 6 nitrogen and oxygen atoms in total. The van der Waals surface area contributed by atoms with Crippen LogP contribution >= 0.6 is 0 Å². The summed E-state index contributed by atoms with van der Waals surface area (Å²) in [6.45, 7) is 5.30. The molecule has 1 aliphatic rings. The number of hydrogen-bond donors (Lipinski definition) is 0. The Morgan fingerprint density at radius 1 is 0.828 bits per heavy atom. The van der Waals surface area contributed by atoms with Crippen molar-refractivity contribution in [1.29, 1.82) is 0 Å². The minimum absolute atomic E-state index is 0.0518. The average molecular weight is 394 g/mol. The molecule has 0 bridgehead atoms. The van der Waals surface area contributed by atoms with E-state index < -0.39 is 11.4 Å². The van der Waals surface area contributed by atoms with E-state index in [2.05, 4.69) is 0 Å². The number of ketones is 2. The Labute approximate surface area is 168 Å². The Bertz CT molecular complexity index is 1000. The molecule has 2 aromatic carbocycles. The number of carbonyl (C=O) groups is 4. The highest BCUT2D eigenvalue weighted by Crippen LogP contribution is 2.28. The van der Waals surface area contributed by atoms with Crippen molar-refractivity contribution >= 4 is 23.5 Å². The summed E-state index contributed by atoms with van der Waals surface area (Å²) in [5, 5.41) is 0. The van der Waals surface area contributed by atoms with Crippen LogP contribution in [-0.4, -0.2) is 36.7 Å². The number of benzene rings is 2. The van der Waals surface area contributed by atoms with E-state index in [0.29, 0.717) is 17.5 Å². The highest BCUT2D eigenvalue weighted by Gasteiger charge is 2.30. The summed E-state index contributed by atoms with van der Waals surface area (Å²) < 4.78 is 10.3. The molecule has 0 radical (unpaired) electrons. The van der Waals surface area contributed by atoms with Crippen molar-refractivity contribution < 1.29 is 28.7 Å². The summed E-state index contributed by atoms with van der Waals surface area (Å²) in [5.41, 5.74) is 0.689. The van der Waals surface area contributed by atoms with E-state index in [4.69, 9.17) is 9.47 Å². The predicted octanol–water partition coefficient (Wildman–Crippen LogP) is 3.60. The predicted molar refractivity (Wildman–Crippen MR) is 105 cm³/mol. The first-order valence-corrected chi connectivity index (χ1v) is 9.43.